The molecule has 0 N–H and O–H groups in total. The van der Waals surface area contributed by atoms with E-state index in [9.17, 15) is 4.39 Å². The number of hydrogen-bond acceptors (Lipinski definition) is 6. The lowest BCUT2D eigenvalue weighted by molar-refractivity contribution is 0.162. The molecule has 3 aromatic rings. The smallest absolute Gasteiger partial charge is 0.151 e. The van der Waals surface area contributed by atoms with Crippen molar-refractivity contribution in [1.29, 1.82) is 0 Å². The first kappa shape index (κ1) is 20.1. The number of alkyl halides is 1. The molecule has 6 rings (SSSR count). The summed E-state index contributed by atoms with van der Waals surface area (Å²) in [5, 5.41) is 9.91. The van der Waals surface area contributed by atoms with E-state index in [4.69, 9.17) is 11.6 Å². The van der Waals surface area contributed by atoms with Gasteiger partial charge in [0.25, 0.3) is 0 Å². The monoisotopic (exact) mass is 453 g/mol. The minimum atomic E-state index is -1.05. The zero-order chi connectivity index (χ0) is 21.7. The number of nitrogens with zero attached hydrogens (tertiary/aromatic N) is 7. The number of halogens is 2. The van der Waals surface area contributed by atoms with Crippen LogP contribution in [0.3, 0.4) is 0 Å². The average Bonchev–Trinajstić information content (AvgIpc) is 3.43. The van der Waals surface area contributed by atoms with Crippen molar-refractivity contribution >= 4 is 17.4 Å². The number of rotatable bonds is 4. The minimum Gasteiger partial charge on any atom is -0.355 e. The Hall–Kier alpha value is -2.58. The molecule has 1 saturated heterocycles. The normalized spacial score (nSPS) is 20.5. The quantitative estimate of drug-likeness (QED) is 0.596. The number of anilines is 1. The van der Waals surface area contributed by atoms with Gasteiger partial charge in [0.05, 0.1) is 18.4 Å². The molecular formula is C23H25ClFN7. The molecule has 32 heavy (non-hydrogen) atoms. The molecule has 9 heteroatoms. The fourth-order valence-electron chi connectivity index (χ4n) is 4.98. The van der Waals surface area contributed by atoms with E-state index < -0.39 is 5.67 Å². The molecule has 1 saturated carbocycles. The Kier molecular flexibility index (Phi) is 4.87. The van der Waals surface area contributed by atoms with Crippen molar-refractivity contribution in [2.75, 3.05) is 24.5 Å². The van der Waals surface area contributed by atoms with Crippen molar-refractivity contribution in [3.63, 3.8) is 0 Å². The maximum atomic E-state index is 14.6. The van der Waals surface area contributed by atoms with Crippen molar-refractivity contribution in [3.05, 3.63) is 59.0 Å². The van der Waals surface area contributed by atoms with Crippen molar-refractivity contribution in [3.8, 4) is 5.69 Å². The molecule has 0 unspecified atom stereocenters. The Morgan fingerprint density at radius 1 is 1.09 bits per heavy atom. The Balaban J connectivity index is 1.30. The van der Waals surface area contributed by atoms with E-state index in [0.717, 1.165) is 54.6 Å². The van der Waals surface area contributed by atoms with E-state index in [1.807, 2.05) is 18.3 Å². The van der Waals surface area contributed by atoms with Crippen LogP contribution in [0.5, 0.6) is 0 Å². The first-order valence-corrected chi connectivity index (χ1v) is 11.6. The lowest BCUT2D eigenvalue weighted by atomic mass is 9.95. The van der Waals surface area contributed by atoms with Crippen molar-refractivity contribution in [2.45, 2.75) is 50.4 Å². The number of piperidine rings is 1. The molecule has 2 aliphatic heterocycles. The van der Waals surface area contributed by atoms with Gasteiger partial charge in [-0.3, -0.25) is 14.5 Å². The molecule has 4 heterocycles. The standard InChI is InChI=1S/C23H25ClFN7/c24-18-1-2-19-17(11-18)13-30(15-23(25)5-6-23)14-21-28-29-22(32(19)21)16-3-9-31(10-4-16)20-12-26-7-8-27-20/h1-2,7-8,11-12,16H,3-6,9-10,13-15H2. The van der Waals surface area contributed by atoms with Gasteiger partial charge < -0.3 is 4.90 Å². The second kappa shape index (κ2) is 7.78. The Bertz CT molecular complexity index is 1120. The third-order valence-corrected chi connectivity index (χ3v) is 7.06. The van der Waals surface area contributed by atoms with E-state index in [-0.39, 0.29) is 0 Å². The van der Waals surface area contributed by atoms with Gasteiger partial charge in [-0.05, 0) is 49.4 Å². The number of fused-ring (bicyclic) bond motifs is 3. The summed E-state index contributed by atoms with van der Waals surface area (Å²) in [5.74, 6) is 3.09. The molecule has 0 amide bonds. The third-order valence-electron chi connectivity index (χ3n) is 6.83. The molecule has 2 aromatic heterocycles. The molecule has 7 nitrogen and oxygen atoms in total. The Labute approximate surface area is 191 Å². The molecule has 0 spiro atoms. The van der Waals surface area contributed by atoms with Gasteiger partial charge in [-0.2, -0.15) is 0 Å². The summed E-state index contributed by atoms with van der Waals surface area (Å²) >= 11 is 6.34. The first-order chi connectivity index (χ1) is 15.6. The number of benzene rings is 1. The molecule has 0 bridgehead atoms. The van der Waals surface area contributed by atoms with Gasteiger partial charge in [-0.25, -0.2) is 9.37 Å². The molecular weight excluding hydrogens is 429 g/mol. The summed E-state index contributed by atoms with van der Waals surface area (Å²) in [4.78, 5) is 13.0. The van der Waals surface area contributed by atoms with Crippen LogP contribution in [0.2, 0.25) is 5.02 Å². The van der Waals surface area contributed by atoms with Gasteiger partial charge in [-0.15, -0.1) is 10.2 Å². The summed E-state index contributed by atoms with van der Waals surface area (Å²) < 4.78 is 16.8. The van der Waals surface area contributed by atoms with Gasteiger partial charge >= 0.3 is 0 Å². The number of hydrogen-bond donors (Lipinski definition) is 0. The van der Waals surface area contributed by atoms with E-state index in [2.05, 4.69) is 40.6 Å². The van der Waals surface area contributed by atoms with Gasteiger partial charge in [0.15, 0.2) is 5.82 Å². The summed E-state index contributed by atoms with van der Waals surface area (Å²) in [6, 6.07) is 5.96. The van der Waals surface area contributed by atoms with Crippen LogP contribution in [0.1, 0.15) is 48.8 Å². The van der Waals surface area contributed by atoms with Crippen LogP contribution >= 0.6 is 11.6 Å². The van der Waals surface area contributed by atoms with Crippen LogP contribution < -0.4 is 4.90 Å². The Morgan fingerprint density at radius 3 is 2.69 bits per heavy atom. The molecule has 1 aromatic carbocycles. The lowest BCUT2D eigenvalue weighted by Crippen LogP contribution is -2.34. The maximum absolute atomic E-state index is 14.6. The van der Waals surface area contributed by atoms with E-state index in [1.54, 1.807) is 12.4 Å². The van der Waals surface area contributed by atoms with Gasteiger partial charge in [0.1, 0.15) is 17.3 Å². The highest BCUT2D eigenvalue weighted by Gasteiger charge is 2.45. The molecule has 1 aliphatic carbocycles. The summed E-state index contributed by atoms with van der Waals surface area (Å²) in [7, 11) is 0. The highest BCUT2D eigenvalue weighted by molar-refractivity contribution is 6.30. The van der Waals surface area contributed by atoms with Crippen LogP contribution in [0.4, 0.5) is 10.2 Å². The van der Waals surface area contributed by atoms with Crippen molar-refractivity contribution < 1.29 is 4.39 Å². The minimum absolute atomic E-state index is 0.301. The zero-order valence-corrected chi connectivity index (χ0v) is 18.5. The summed E-state index contributed by atoms with van der Waals surface area (Å²) in [6.45, 7) is 3.47. The predicted molar refractivity (Wildman–Crippen MR) is 120 cm³/mol. The maximum Gasteiger partial charge on any atom is 0.151 e. The predicted octanol–water partition coefficient (Wildman–Crippen LogP) is 3.91. The molecule has 2 fully saturated rings. The number of aromatic nitrogens is 5. The van der Waals surface area contributed by atoms with Crippen molar-refractivity contribution in [2.24, 2.45) is 0 Å². The largest absolute Gasteiger partial charge is 0.355 e. The summed E-state index contributed by atoms with van der Waals surface area (Å²) in [6.07, 6.45) is 8.47. The average molecular weight is 454 g/mol. The highest BCUT2D eigenvalue weighted by atomic mass is 35.5. The van der Waals surface area contributed by atoms with E-state index in [1.165, 1.54) is 0 Å². The highest BCUT2D eigenvalue weighted by Crippen LogP contribution is 2.42. The molecule has 166 valence electrons. The zero-order valence-electron chi connectivity index (χ0n) is 17.8. The molecule has 0 atom stereocenters. The van der Waals surface area contributed by atoms with Crippen LogP contribution in [0.15, 0.2) is 36.8 Å². The van der Waals surface area contributed by atoms with Crippen molar-refractivity contribution in [1.82, 2.24) is 29.6 Å². The van der Waals surface area contributed by atoms with Crippen LogP contribution in [0.25, 0.3) is 5.69 Å². The van der Waals surface area contributed by atoms with Gasteiger partial charge in [0, 0.05) is 49.5 Å². The summed E-state index contributed by atoms with van der Waals surface area (Å²) in [5.41, 5.74) is 1.11. The van der Waals surface area contributed by atoms with Crippen LogP contribution in [-0.2, 0) is 13.1 Å². The van der Waals surface area contributed by atoms with E-state index >= 15 is 0 Å². The van der Waals surface area contributed by atoms with Gasteiger partial charge in [0.2, 0.25) is 0 Å². The van der Waals surface area contributed by atoms with Crippen LogP contribution in [0, 0.1) is 0 Å². The first-order valence-electron chi connectivity index (χ1n) is 11.2. The SMILES string of the molecule is FC1(CN2Cc3cc(Cl)ccc3-n3c(nnc3C3CCN(c4cnccn4)CC3)C2)CC1. The molecule has 0 radical (unpaired) electrons. The van der Waals surface area contributed by atoms with Crippen LogP contribution in [-0.4, -0.2) is 54.9 Å². The van der Waals surface area contributed by atoms with Gasteiger partial charge in [-0.1, -0.05) is 11.6 Å². The second-order valence-electron chi connectivity index (χ2n) is 9.20. The fourth-order valence-corrected chi connectivity index (χ4v) is 5.18. The lowest BCUT2D eigenvalue weighted by Gasteiger charge is -2.32. The topological polar surface area (TPSA) is 63.0 Å². The third kappa shape index (κ3) is 3.75. The Morgan fingerprint density at radius 2 is 1.94 bits per heavy atom. The van der Waals surface area contributed by atoms with E-state index in [0.29, 0.717) is 43.4 Å². The second-order valence-corrected chi connectivity index (χ2v) is 9.64. The molecule has 3 aliphatic rings. The fraction of sp³-hybridized carbons (Fsp3) is 0.478.